The minimum Gasteiger partial charge on any atom is -0.496 e. The minimum atomic E-state index is -3.49. The maximum atomic E-state index is 12.7. The molecule has 9 heteroatoms. The Hall–Kier alpha value is -2.36. The molecule has 1 aliphatic rings. The molecule has 1 aliphatic heterocycles. The van der Waals surface area contributed by atoms with Gasteiger partial charge in [-0.25, -0.2) is 8.42 Å². The number of rotatable bonds is 5. The predicted octanol–water partition coefficient (Wildman–Crippen LogP) is 3.18. The van der Waals surface area contributed by atoms with Gasteiger partial charge in [0.05, 0.1) is 12.7 Å². The van der Waals surface area contributed by atoms with Gasteiger partial charge < -0.3 is 4.74 Å². The Morgan fingerprint density at radius 3 is 2.61 bits per heavy atom. The molecular formula is C19H20N4O3S2. The third-order valence-corrected chi connectivity index (χ3v) is 7.85. The van der Waals surface area contributed by atoms with Gasteiger partial charge in [-0.2, -0.15) is 4.31 Å². The van der Waals surface area contributed by atoms with Crippen molar-refractivity contribution in [2.24, 2.45) is 0 Å². The number of pyridine rings is 1. The summed E-state index contributed by atoms with van der Waals surface area (Å²) in [5, 5.41) is 10.5. The molecule has 0 aliphatic carbocycles. The lowest BCUT2D eigenvalue weighted by Crippen LogP contribution is -2.37. The van der Waals surface area contributed by atoms with E-state index in [0.29, 0.717) is 13.1 Å². The van der Waals surface area contributed by atoms with Crippen LogP contribution in [0.25, 0.3) is 10.6 Å². The van der Waals surface area contributed by atoms with E-state index in [1.807, 2.05) is 24.3 Å². The van der Waals surface area contributed by atoms with Gasteiger partial charge in [-0.1, -0.05) is 23.5 Å². The predicted molar refractivity (Wildman–Crippen MR) is 107 cm³/mol. The Bertz CT molecular complexity index is 1050. The van der Waals surface area contributed by atoms with Crippen LogP contribution in [-0.4, -0.2) is 48.1 Å². The second-order valence-corrected chi connectivity index (χ2v) is 9.46. The van der Waals surface area contributed by atoms with Crippen molar-refractivity contribution in [3.8, 4) is 16.3 Å². The molecule has 1 saturated heterocycles. The fourth-order valence-corrected chi connectivity index (χ4v) is 5.80. The Morgan fingerprint density at radius 2 is 1.89 bits per heavy atom. The quantitative estimate of drug-likeness (QED) is 0.635. The molecule has 0 spiro atoms. The summed E-state index contributed by atoms with van der Waals surface area (Å²) in [6.45, 7) is 0.928. The number of sulfonamides is 1. The molecule has 0 amide bonds. The molecule has 3 aromatic rings. The molecule has 3 heterocycles. The van der Waals surface area contributed by atoms with Gasteiger partial charge in [0.25, 0.3) is 0 Å². The summed E-state index contributed by atoms with van der Waals surface area (Å²) >= 11 is 1.55. The van der Waals surface area contributed by atoms with Crippen molar-refractivity contribution >= 4 is 21.4 Å². The molecule has 1 fully saturated rings. The van der Waals surface area contributed by atoms with Gasteiger partial charge in [0.1, 0.15) is 15.7 Å². The molecule has 0 unspecified atom stereocenters. The van der Waals surface area contributed by atoms with Crippen molar-refractivity contribution in [1.29, 1.82) is 0 Å². The highest BCUT2D eigenvalue weighted by Crippen LogP contribution is 2.37. The lowest BCUT2D eigenvalue weighted by atomic mass is 9.99. The molecule has 4 rings (SSSR count). The first kappa shape index (κ1) is 19.0. The highest BCUT2D eigenvalue weighted by Gasteiger charge is 2.31. The van der Waals surface area contributed by atoms with E-state index >= 15 is 0 Å². The standard InChI is InChI=1S/C19H20N4O3S2/c1-26-17-7-3-2-6-16(17)19-22-21-18(27-19)14-8-11-23(12-9-14)28(24,25)15-5-4-10-20-13-15/h2-7,10,13-14H,8-9,11-12H2,1H3. The topological polar surface area (TPSA) is 85.3 Å². The molecule has 2 aromatic heterocycles. The highest BCUT2D eigenvalue weighted by molar-refractivity contribution is 7.89. The zero-order chi connectivity index (χ0) is 19.6. The number of para-hydroxylation sites is 1. The van der Waals surface area contributed by atoms with E-state index in [1.165, 1.54) is 10.5 Å². The van der Waals surface area contributed by atoms with Crippen LogP contribution in [0.1, 0.15) is 23.8 Å². The highest BCUT2D eigenvalue weighted by atomic mass is 32.2. The summed E-state index contributed by atoms with van der Waals surface area (Å²) < 4.78 is 32.4. The second-order valence-electron chi connectivity index (χ2n) is 6.51. The van der Waals surface area contributed by atoms with Gasteiger partial charge in [-0.3, -0.25) is 4.98 Å². The lowest BCUT2D eigenvalue weighted by Gasteiger charge is -2.29. The summed E-state index contributed by atoms with van der Waals surface area (Å²) in [4.78, 5) is 4.16. The van der Waals surface area contributed by atoms with Gasteiger partial charge in [-0.15, -0.1) is 10.2 Å². The summed E-state index contributed by atoms with van der Waals surface area (Å²) in [7, 11) is -1.85. The summed E-state index contributed by atoms with van der Waals surface area (Å²) in [5.74, 6) is 0.976. The van der Waals surface area contributed by atoms with Crippen LogP contribution in [0.3, 0.4) is 0 Å². The van der Waals surface area contributed by atoms with Crippen LogP contribution in [0, 0.1) is 0 Å². The third kappa shape index (κ3) is 3.65. The van der Waals surface area contributed by atoms with Crippen LogP contribution in [-0.2, 0) is 10.0 Å². The molecule has 0 saturated carbocycles. The van der Waals surface area contributed by atoms with Crippen LogP contribution < -0.4 is 4.74 Å². The van der Waals surface area contributed by atoms with Gasteiger partial charge >= 0.3 is 0 Å². The Kier molecular flexibility index (Phi) is 5.38. The van der Waals surface area contributed by atoms with Crippen LogP contribution in [0.4, 0.5) is 0 Å². The average molecular weight is 417 g/mol. The normalized spacial score (nSPS) is 16.2. The smallest absolute Gasteiger partial charge is 0.244 e. The number of aromatic nitrogens is 3. The molecule has 146 valence electrons. The number of benzene rings is 1. The Labute approximate surface area is 168 Å². The number of methoxy groups -OCH3 is 1. The Morgan fingerprint density at radius 1 is 1.11 bits per heavy atom. The SMILES string of the molecule is COc1ccccc1-c1nnc(C2CCN(S(=O)(=O)c3cccnc3)CC2)s1. The first-order chi connectivity index (χ1) is 13.6. The van der Waals surface area contributed by atoms with Gasteiger partial charge in [0.2, 0.25) is 10.0 Å². The van der Waals surface area contributed by atoms with E-state index in [0.717, 1.165) is 34.2 Å². The van der Waals surface area contributed by atoms with Gasteiger partial charge in [-0.05, 0) is 37.1 Å². The summed E-state index contributed by atoms with van der Waals surface area (Å²) in [6.07, 6.45) is 4.41. The van der Waals surface area contributed by atoms with E-state index < -0.39 is 10.0 Å². The first-order valence-electron chi connectivity index (χ1n) is 8.96. The molecule has 0 radical (unpaired) electrons. The number of hydrogen-bond donors (Lipinski definition) is 0. The molecule has 0 atom stereocenters. The van der Waals surface area contributed by atoms with Gasteiger partial charge in [0, 0.05) is 31.4 Å². The minimum absolute atomic E-state index is 0.210. The van der Waals surface area contributed by atoms with E-state index in [2.05, 4.69) is 15.2 Å². The van der Waals surface area contributed by atoms with Crippen LogP contribution in [0.5, 0.6) is 5.75 Å². The number of hydrogen-bond acceptors (Lipinski definition) is 7. The number of ether oxygens (including phenoxy) is 1. The lowest BCUT2D eigenvalue weighted by molar-refractivity contribution is 0.318. The molecule has 0 bridgehead atoms. The number of nitrogens with zero attached hydrogens (tertiary/aromatic N) is 4. The van der Waals surface area contributed by atoms with Crippen LogP contribution in [0.2, 0.25) is 0 Å². The van der Waals surface area contributed by atoms with Crippen LogP contribution in [0.15, 0.2) is 53.7 Å². The van der Waals surface area contributed by atoms with Crippen molar-refractivity contribution in [3.63, 3.8) is 0 Å². The first-order valence-corrected chi connectivity index (χ1v) is 11.2. The van der Waals surface area contributed by atoms with Crippen LogP contribution >= 0.6 is 11.3 Å². The fourth-order valence-electron chi connectivity index (χ4n) is 3.32. The van der Waals surface area contributed by atoms with Crippen molar-refractivity contribution in [3.05, 3.63) is 53.8 Å². The summed E-state index contributed by atoms with van der Waals surface area (Å²) in [6, 6.07) is 11.0. The zero-order valence-corrected chi connectivity index (χ0v) is 17.0. The van der Waals surface area contributed by atoms with E-state index in [-0.39, 0.29) is 10.8 Å². The van der Waals surface area contributed by atoms with E-state index in [4.69, 9.17) is 4.74 Å². The second kappa shape index (κ2) is 7.94. The van der Waals surface area contributed by atoms with E-state index in [9.17, 15) is 8.42 Å². The van der Waals surface area contributed by atoms with Crippen molar-refractivity contribution in [2.45, 2.75) is 23.7 Å². The average Bonchev–Trinajstić information content (AvgIpc) is 3.24. The summed E-state index contributed by atoms with van der Waals surface area (Å²) in [5.41, 5.74) is 0.922. The molecule has 1 aromatic carbocycles. The Balaban J connectivity index is 1.47. The van der Waals surface area contributed by atoms with Gasteiger partial charge in [0.15, 0.2) is 5.01 Å². The van der Waals surface area contributed by atoms with Crippen molar-refractivity contribution in [2.75, 3.05) is 20.2 Å². The van der Waals surface area contributed by atoms with Crippen molar-refractivity contribution in [1.82, 2.24) is 19.5 Å². The van der Waals surface area contributed by atoms with E-state index in [1.54, 1.807) is 36.8 Å². The molecular weight excluding hydrogens is 396 g/mol. The maximum absolute atomic E-state index is 12.7. The van der Waals surface area contributed by atoms with Crippen molar-refractivity contribution < 1.29 is 13.2 Å². The monoisotopic (exact) mass is 416 g/mol. The number of piperidine rings is 1. The molecule has 28 heavy (non-hydrogen) atoms. The molecule has 7 nitrogen and oxygen atoms in total. The third-order valence-electron chi connectivity index (χ3n) is 4.85. The fraction of sp³-hybridized carbons (Fsp3) is 0.316. The molecule has 0 N–H and O–H groups in total. The largest absolute Gasteiger partial charge is 0.496 e. The maximum Gasteiger partial charge on any atom is 0.244 e. The zero-order valence-electron chi connectivity index (χ0n) is 15.4.